The molecule has 20 heavy (non-hydrogen) atoms. The van der Waals surface area contributed by atoms with Crippen LogP contribution in [-0.2, 0) is 16.1 Å². The average Bonchev–Trinajstić information content (AvgIpc) is 2.70. The van der Waals surface area contributed by atoms with Gasteiger partial charge in [-0.25, -0.2) is 0 Å². The van der Waals surface area contributed by atoms with Gasteiger partial charge in [-0.15, -0.1) is 0 Å². The highest BCUT2D eigenvalue weighted by atomic mass is 16.5. The first-order chi connectivity index (χ1) is 9.52. The molecule has 1 N–H and O–H groups in total. The molecule has 1 aliphatic heterocycles. The lowest BCUT2D eigenvalue weighted by atomic mass is 9.89. The molecule has 1 heterocycles. The minimum absolute atomic E-state index is 0.0247. The van der Waals surface area contributed by atoms with Gasteiger partial charge in [0.15, 0.2) is 0 Å². The normalized spacial score (nSPS) is 28.9. The fourth-order valence-electron chi connectivity index (χ4n) is 2.78. The Balaban J connectivity index is 1.97. The second kappa shape index (κ2) is 6.06. The van der Waals surface area contributed by atoms with E-state index in [1.54, 1.807) is 12.1 Å². The molecule has 2 rings (SSSR count). The molecular weight excluding hydrogens is 252 g/mol. The third kappa shape index (κ3) is 3.00. The lowest BCUT2D eigenvalue weighted by Gasteiger charge is -2.18. The minimum atomic E-state index is -0.107. The van der Waals surface area contributed by atoms with Crippen LogP contribution in [0.3, 0.4) is 0 Å². The van der Waals surface area contributed by atoms with Gasteiger partial charge in [0.2, 0.25) is 5.91 Å². The summed E-state index contributed by atoms with van der Waals surface area (Å²) in [5, 5.41) is 11.8. The molecule has 0 spiro atoms. The number of rotatable bonds is 3. The molecule has 0 radical (unpaired) electrons. The summed E-state index contributed by atoms with van der Waals surface area (Å²) >= 11 is 0. The number of amides is 1. The van der Waals surface area contributed by atoms with E-state index in [9.17, 15) is 4.79 Å². The molecule has 0 aromatic heterocycles. The lowest BCUT2D eigenvalue weighted by Crippen LogP contribution is -2.36. The zero-order valence-electron chi connectivity index (χ0n) is 12.1. The van der Waals surface area contributed by atoms with Crippen molar-refractivity contribution < 1.29 is 9.53 Å². The van der Waals surface area contributed by atoms with E-state index in [-0.39, 0.29) is 30.0 Å². The first-order valence-electron chi connectivity index (χ1n) is 6.95. The fourth-order valence-corrected chi connectivity index (χ4v) is 2.78. The molecule has 4 atom stereocenters. The standard InChI is InChI=1S/C16H20N2O2/c1-10-11(2)20-12(3)15(10)16(19)18-9-14-6-4-5-13(7-14)8-17/h4-7,10-12,15H,9H2,1-3H3,(H,18,19). The Morgan fingerprint density at radius 3 is 2.70 bits per heavy atom. The number of benzene rings is 1. The van der Waals surface area contributed by atoms with Crippen molar-refractivity contribution in [2.75, 3.05) is 0 Å². The summed E-state index contributed by atoms with van der Waals surface area (Å²) in [6.45, 7) is 6.44. The molecule has 1 saturated heterocycles. The van der Waals surface area contributed by atoms with Crippen LogP contribution in [-0.4, -0.2) is 18.1 Å². The monoisotopic (exact) mass is 272 g/mol. The van der Waals surface area contributed by atoms with Crippen LogP contribution in [0.1, 0.15) is 31.9 Å². The number of hydrogen-bond acceptors (Lipinski definition) is 3. The van der Waals surface area contributed by atoms with E-state index in [1.165, 1.54) is 0 Å². The predicted molar refractivity (Wildman–Crippen MR) is 75.7 cm³/mol. The summed E-state index contributed by atoms with van der Waals surface area (Å²) in [5.74, 6) is 0.135. The Kier molecular flexibility index (Phi) is 4.41. The molecule has 1 aromatic rings. The van der Waals surface area contributed by atoms with Crippen LogP contribution in [0.4, 0.5) is 0 Å². The fraction of sp³-hybridized carbons (Fsp3) is 0.500. The number of nitrogens with one attached hydrogen (secondary N) is 1. The second-order valence-corrected chi connectivity index (χ2v) is 5.46. The number of nitrogens with zero attached hydrogens (tertiary/aromatic N) is 1. The van der Waals surface area contributed by atoms with Gasteiger partial charge in [-0.2, -0.15) is 5.26 Å². The van der Waals surface area contributed by atoms with Gasteiger partial charge in [0, 0.05) is 6.54 Å². The third-order valence-corrected chi connectivity index (χ3v) is 4.07. The number of carbonyl (C=O) groups is 1. The minimum Gasteiger partial charge on any atom is -0.374 e. The van der Waals surface area contributed by atoms with Gasteiger partial charge in [0.1, 0.15) is 0 Å². The molecule has 0 aliphatic carbocycles. The summed E-state index contributed by atoms with van der Waals surface area (Å²) in [4.78, 5) is 12.3. The number of carbonyl (C=O) groups excluding carboxylic acids is 1. The van der Waals surface area contributed by atoms with Gasteiger partial charge in [-0.1, -0.05) is 19.1 Å². The van der Waals surface area contributed by atoms with Crippen LogP contribution in [0.15, 0.2) is 24.3 Å². The first kappa shape index (κ1) is 14.5. The van der Waals surface area contributed by atoms with E-state index in [0.29, 0.717) is 12.1 Å². The molecule has 1 fully saturated rings. The average molecular weight is 272 g/mol. The zero-order valence-corrected chi connectivity index (χ0v) is 12.1. The Labute approximate surface area is 119 Å². The molecule has 0 saturated carbocycles. The Bertz CT molecular complexity index is 536. The van der Waals surface area contributed by atoms with E-state index in [4.69, 9.17) is 10.00 Å². The van der Waals surface area contributed by atoms with Gasteiger partial charge in [0.05, 0.1) is 29.8 Å². The summed E-state index contributed by atoms with van der Waals surface area (Å²) in [7, 11) is 0. The van der Waals surface area contributed by atoms with E-state index in [0.717, 1.165) is 5.56 Å². The molecule has 4 unspecified atom stereocenters. The molecule has 1 amide bonds. The van der Waals surface area contributed by atoms with Crippen molar-refractivity contribution in [2.24, 2.45) is 11.8 Å². The largest absolute Gasteiger partial charge is 0.374 e. The number of ether oxygens (including phenoxy) is 1. The summed E-state index contributed by atoms with van der Waals surface area (Å²) in [6, 6.07) is 9.37. The van der Waals surface area contributed by atoms with Crippen molar-refractivity contribution in [1.29, 1.82) is 5.26 Å². The summed E-state index contributed by atoms with van der Waals surface area (Å²) in [5.41, 5.74) is 1.54. The van der Waals surface area contributed by atoms with E-state index < -0.39 is 0 Å². The van der Waals surface area contributed by atoms with Gasteiger partial charge in [-0.3, -0.25) is 4.79 Å². The Morgan fingerprint density at radius 2 is 2.10 bits per heavy atom. The lowest BCUT2D eigenvalue weighted by molar-refractivity contribution is -0.127. The van der Waals surface area contributed by atoms with Gasteiger partial charge in [-0.05, 0) is 37.5 Å². The highest BCUT2D eigenvalue weighted by Gasteiger charge is 2.41. The van der Waals surface area contributed by atoms with Gasteiger partial charge < -0.3 is 10.1 Å². The summed E-state index contributed by atoms with van der Waals surface area (Å²) in [6.07, 6.45) is 0.0631. The quantitative estimate of drug-likeness (QED) is 0.917. The van der Waals surface area contributed by atoms with E-state index in [1.807, 2.05) is 26.0 Å². The third-order valence-electron chi connectivity index (χ3n) is 4.07. The Hall–Kier alpha value is -1.86. The molecule has 1 aliphatic rings. The van der Waals surface area contributed by atoms with E-state index in [2.05, 4.69) is 18.3 Å². The summed E-state index contributed by atoms with van der Waals surface area (Å²) < 4.78 is 5.69. The number of hydrogen-bond donors (Lipinski definition) is 1. The molecule has 4 nitrogen and oxygen atoms in total. The van der Waals surface area contributed by atoms with Crippen molar-refractivity contribution in [3.8, 4) is 6.07 Å². The van der Waals surface area contributed by atoms with Crippen molar-refractivity contribution in [3.63, 3.8) is 0 Å². The Morgan fingerprint density at radius 1 is 1.35 bits per heavy atom. The van der Waals surface area contributed by atoms with Crippen molar-refractivity contribution in [2.45, 2.75) is 39.5 Å². The zero-order chi connectivity index (χ0) is 14.7. The van der Waals surface area contributed by atoms with Crippen LogP contribution >= 0.6 is 0 Å². The molecule has 0 bridgehead atoms. The van der Waals surface area contributed by atoms with Crippen LogP contribution < -0.4 is 5.32 Å². The van der Waals surface area contributed by atoms with Crippen LogP contribution in [0, 0.1) is 23.2 Å². The maximum atomic E-state index is 12.3. The smallest absolute Gasteiger partial charge is 0.226 e. The molecule has 4 heteroatoms. The highest BCUT2D eigenvalue weighted by Crippen LogP contribution is 2.32. The topological polar surface area (TPSA) is 62.1 Å². The number of nitriles is 1. The van der Waals surface area contributed by atoms with Crippen LogP contribution in [0.2, 0.25) is 0 Å². The van der Waals surface area contributed by atoms with Crippen molar-refractivity contribution in [1.82, 2.24) is 5.32 Å². The van der Waals surface area contributed by atoms with E-state index >= 15 is 0 Å². The maximum absolute atomic E-state index is 12.3. The van der Waals surface area contributed by atoms with Gasteiger partial charge >= 0.3 is 0 Å². The SMILES string of the molecule is CC1OC(C)C(C(=O)NCc2cccc(C#N)c2)C1C. The maximum Gasteiger partial charge on any atom is 0.226 e. The molecular formula is C16H20N2O2. The second-order valence-electron chi connectivity index (χ2n) is 5.46. The van der Waals surface area contributed by atoms with Crippen molar-refractivity contribution >= 4 is 5.91 Å². The highest BCUT2D eigenvalue weighted by molar-refractivity contribution is 5.79. The molecule has 1 aromatic carbocycles. The first-order valence-corrected chi connectivity index (χ1v) is 6.95. The molecule has 106 valence electrons. The predicted octanol–water partition coefficient (Wildman–Crippen LogP) is 2.23. The van der Waals surface area contributed by atoms with Crippen molar-refractivity contribution in [3.05, 3.63) is 35.4 Å². The van der Waals surface area contributed by atoms with Crippen LogP contribution in [0.25, 0.3) is 0 Å². The van der Waals surface area contributed by atoms with Gasteiger partial charge in [0.25, 0.3) is 0 Å². The van der Waals surface area contributed by atoms with Crippen LogP contribution in [0.5, 0.6) is 0 Å².